The molecule has 1 aliphatic rings. The number of nitrogens with zero attached hydrogens (tertiary/aromatic N) is 3. The third-order valence-corrected chi connectivity index (χ3v) is 3.70. The molecule has 1 amide bonds. The molecule has 0 aliphatic carbocycles. The average molecular weight is 251 g/mol. The van der Waals surface area contributed by atoms with Gasteiger partial charge in [0.1, 0.15) is 0 Å². The first-order valence-corrected chi connectivity index (χ1v) is 6.27. The summed E-state index contributed by atoms with van der Waals surface area (Å²) >= 11 is 0. The van der Waals surface area contributed by atoms with Crippen molar-refractivity contribution in [2.75, 3.05) is 32.9 Å². The molecule has 0 saturated carbocycles. The van der Waals surface area contributed by atoms with Crippen molar-refractivity contribution in [3.8, 4) is 0 Å². The van der Waals surface area contributed by atoms with Crippen molar-refractivity contribution in [3.63, 3.8) is 0 Å². The first-order valence-electron chi connectivity index (χ1n) is 6.27. The van der Waals surface area contributed by atoms with Gasteiger partial charge < -0.3 is 15.5 Å². The van der Waals surface area contributed by atoms with Crippen LogP contribution >= 0.6 is 0 Å². The van der Waals surface area contributed by atoms with E-state index in [0.717, 1.165) is 25.2 Å². The molecular formula is C12H21N5O. The van der Waals surface area contributed by atoms with Gasteiger partial charge in [0.05, 0.1) is 11.4 Å². The van der Waals surface area contributed by atoms with E-state index in [-0.39, 0.29) is 5.91 Å². The number of likely N-dealkylation sites (N-methyl/N-ethyl adjacent to an activating group) is 2. The summed E-state index contributed by atoms with van der Waals surface area (Å²) in [5, 5.41) is 6.72. The number of hydrogen-bond donors (Lipinski definition) is 2. The molecule has 1 aromatic heterocycles. The van der Waals surface area contributed by atoms with Crippen molar-refractivity contribution in [2.24, 2.45) is 0 Å². The summed E-state index contributed by atoms with van der Waals surface area (Å²) in [6.45, 7) is 3.64. The van der Waals surface area contributed by atoms with Crippen molar-refractivity contribution >= 4 is 11.6 Å². The highest BCUT2D eigenvalue weighted by atomic mass is 16.2. The Labute approximate surface area is 107 Å². The fourth-order valence-corrected chi connectivity index (χ4v) is 2.39. The molecule has 2 rings (SSSR count). The molecular weight excluding hydrogens is 230 g/mol. The van der Waals surface area contributed by atoms with Crippen LogP contribution < -0.4 is 5.73 Å². The van der Waals surface area contributed by atoms with Crippen LogP contribution in [0.15, 0.2) is 0 Å². The zero-order valence-electron chi connectivity index (χ0n) is 11.2. The maximum Gasteiger partial charge on any atom is 0.276 e. The highest BCUT2D eigenvalue weighted by molar-refractivity contribution is 5.97. The molecule has 1 aromatic rings. The van der Waals surface area contributed by atoms with Gasteiger partial charge in [-0.25, -0.2) is 0 Å². The van der Waals surface area contributed by atoms with Gasteiger partial charge in [-0.05, 0) is 33.4 Å². The van der Waals surface area contributed by atoms with E-state index < -0.39 is 0 Å². The third-order valence-electron chi connectivity index (χ3n) is 3.70. The van der Waals surface area contributed by atoms with Crippen molar-refractivity contribution in [1.29, 1.82) is 0 Å². The Hall–Kier alpha value is -1.56. The summed E-state index contributed by atoms with van der Waals surface area (Å²) in [7, 11) is 3.90. The largest absolute Gasteiger partial charge is 0.395 e. The smallest absolute Gasteiger partial charge is 0.276 e. The van der Waals surface area contributed by atoms with Crippen LogP contribution in [0.3, 0.4) is 0 Å². The number of rotatable bonds is 3. The number of carbonyl (C=O) groups is 1. The van der Waals surface area contributed by atoms with Crippen LogP contribution in [0.5, 0.6) is 0 Å². The van der Waals surface area contributed by atoms with Gasteiger partial charge in [-0.2, -0.15) is 5.10 Å². The van der Waals surface area contributed by atoms with E-state index in [0.29, 0.717) is 17.4 Å². The number of aryl methyl sites for hydroxylation is 1. The summed E-state index contributed by atoms with van der Waals surface area (Å²) in [5.74, 6) is -0.114. The molecule has 1 saturated heterocycles. The molecule has 1 atom stereocenters. The number of carbonyl (C=O) groups excluding carboxylic acids is 1. The number of anilines is 1. The molecule has 2 heterocycles. The number of hydrogen-bond acceptors (Lipinski definition) is 4. The van der Waals surface area contributed by atoms with Gasteiger partial charge in [0.25, 0.3) is 5.91 Å². The Kier molecular flexibility index (Phi) is 3.56. The minimum absolute atomic E-state index is 0.114. The molecule has 0 bridgehead atoms. The number of nitrogens with two attached hydrogens (primary N) is 1. The second kappa shape index (κ2) is 4.97. The molecule has 100 valence electrons. The van der Waals surface area contributed by atoms with Gasteiger partial charge in [-0.15, -0.1) is 0 Å². The van der Waals surface area contributed by atoms with E-state index >= 15 is 0 Å². The minimum Gasteiger partial charge on any atom is -0.395 e. The molecule has 0 aromatic carbocycles. The highest BCUT2D eigenvalue weighted by Crippen LogP contribution is 2.18. The lowest BCUT2D eigenvalue weighted by molar-refractivity contribution is 0.0756. The maximum atomic E-state index is 12.2. The number of amides is 1. The molecule has 6 nitrogen and oxygen atoms in total. The molecule has 1 aliphatic heterocycles. The number of H-pyrrole nitrogens is 1. The summed E-state index contributed by atoms with van der Waals surface area (Å²) in [4.78, 5) is 16.2. The zero-order chi connectivity index (χ0) is 13.3. The molecule has 0 radical (unpaired) electrons. The van der Waals surface area contributed by atoms with Crippen LogP contribution in [-0.2, 0) is 0 Å². The van der Waals surface area contributed by atoms with Crippen LogP contribution in [0.25, 0.3) is 0 Å². The molecule has 3 N–H and O–H groups in total. The van der Waals surface area contributed by atoms with Gasteiger partial charge in [-0.1, -0.05) is 0 Å². The third kappa shape index (κ3) is 2.33. The maximum absolute atomic E-state index is 12.2. The van der Waals surface area contributed by atoms with E-state index in [1.807, 2.05) is 6.92 Å². The van der Waals surface area contributed by atoms with E-state index in [2.05, 4.69) is 22.1 Å². The highest BCUT2D eigenvalue weighted by Gasteiger charge is 2.26. The Morgan fingerprint density at radius 3 is 2.89 bits per heavy atom. The van der Waals surface area contributed by atoms with Crippen LogP contribution in [-0.4, -0.2) is 59.1 Å². The number of likely N-dealkylation sites (tertiary alicyclic amines) is 1. The average Bonchev–Trinajstić information content (AvgIpc) is 2.87. The van der Waals surface area contributed by atoms with Crippen LogP contribution in [0.1, 0.15) is 29.0 Å². The number of nitrogens with one attached hydrogen (secondary N) is 1. The first kappa shape index (κ1) is 12.9. The molecule has 0 spiro atoms. The zero-order valence-corrected chi connectivity index (χ0v) is 11.2. The summed E-state index contributed by atoms with van der Waals surface area (Å²) < 4.78 is 0. The SMILES string of the molecule is Cc1[nH]nc(C(=O)N(C)CC2CCCN2C)c1N. The minimum atomic E-state index is -0.114. The van der Waals surface area contributed by atoms with Gasteiger partial charge in [0.15, 0.2) is 5.69 Å². The number of nitrogen functional groups attached to an aromatic ring is 1. The quantitative estimate of drug-likeness (QED) is 0.818. The van der Waals surface area contributed by atoms with Crippen LogP contribution in [0.4, 0.5) is 5.69 Å². The van der Waals surface area contributed by atoms with Gasteiger partial charge >= 0.3 is 0 Å². The lowest BCUT2D eigenvalue weighted by Crippen LogP contribution is -2.39. The van der Waals surface area contributed by atoms with Crippen molar-refractivity contribution in [1.82, 2.24) is 20.0 Å². The standard InChI is InChI=1S/C12H21N5O/c1-8-10(13)11(15-14-8)12(18)17(3)7-9-5-4-6-16(9)2/h9H,4-7,13H2,1-3H3,(H,14,15). The monoisotopic (exact) mass is 251 g/mol. The van der Waals surface area contributed by atoms with Gasteiger partial charge in [-0.3, -0.25) is 9.89 Å². The fraction of sp³-hybridized carbons (Fsp3) is 0.667. The van der Waals surface area contributed by atoms with Crippen LogP contribution in [0.2, 0.25) is 0 Å². The van der Waals surface area contributed by atoms with E-state index in [1.165, 1.54) is 6.42 Å². The van der Waals surface area contributed by atoms with Gasteiger partial charge in [0.2, 0.25) is 0 Å². The van der Waals surface area contributed by atoms with E-state index in [9.17, 15) is 4.79 Å². The second-order valence-electron chi connectivity index (χ2n) is 5.07. The predicted molar refractivity (Wildman–Crippen MR) is 70.3 cm³/mol. The summed E-state index contributed by atoms with van der Waals surface area (Å²) in [6, 6.07) is 0.445. The van der Waals surface area contributed by atoms with E-state index in [1.54, 1.807) is 11.9 Å². The normalized spacial score (nSPS) is 20.3. The topological polar surface area (TPSA) is 78.2 Å². The van der Waals surface area contributed by atoms with Crippen molar-refractivity contribution in [3.05, 3.63) is 11.4 Å². The Morgan fingerprint density at radius 1 is 1.67 bits per heavy atom. The number of aromatic nitrogens is 2. The molecule has 1 fully saturated rings. The predicted octanol–water partition coefficient (Wildman–Crippen LogP) is 0.467. The number of aromatic amines is 1. The lowest BCUT2D eigenvalue weighted by atomic mass is 10.2. The summed E-state index contributed by atoms with van der Waals surface area (Å²) in [6.07, 6.45) is 2.34. The fourth-order valence-electron chi connectivity index (χ4n) is 2.39. The van der Waals surface area contributed by atoms with Crippen molar-refractivity contribution in [2.45, 2.75) is 25.8 Å². The van der Waals surface area contributed by atoms with Gasteiger partial charge in [0, 0.05) is 19.6 Å². The Morgan fingerprint density at radius 2 is 2.39 bits per heavy atom. The summed E-state index contributed by atoms with van der Waals surface area (Å²) in [5.41, 5.74) is 7.35. The lowest BCUT2D eigenvalue weighted by Gasteiger charge is -2.25. The molecule has 1 unspecified atom stereocenters. The Bertz CT molecular complexity index is 442. The van der Waals surface area contributed by atoms with E-state index in [4.69, 9.17) is 5.73 Å². The Balaban J connectivity index is 2.02. The van der Waals surface area contributed by atoms with Crippen LogP contribution in [0, 0.1) is 6.92 Å². The molecule has 6 heteroatoms. The first-order chi connectivity index (χ1) is 8.50. The second-order valence-corrected chi connectivity index (χ2v) is 5.07. The molecule has 18 heavy (non-hydrogen) atoms. The van der Waals surface area contributed by atoms with Crippen molar-refractivity contribution < 1.29 is 4.79 Å².